The fraction of sp³-hybridized carbons (Fsp3) is 0.211. The number of anilines is 1. The monoisotopic (exact) mass is 281 g/mol. The Labute approximate surface area is 127 Å². The zero-order chi connectivity index (χ0) is 16.0. The van der Waals surface area contributed by atoms with Crippen LogP contribution in [0.25, 0.3) is 0 Å². The SMILES string of the molecule is C=C/C(=C\C=C(C)C)C(=C)Nc1cc(C(C)=O)ccc1C. The Bertz CT molecular complexity index is 629. The molecular weight excluding hydrogens is 258 g/mol. The molecule has 0 saturated carbocycles. The molecule has 0 amide bonds. The van der Waals surface area contributed by atoms with Gasteiger partial charge in [-0.2, -0.15) is 0 Å². The number of carbonyl (C=O) groups is 1. The third-order valence-electron chi connectivity index (χ3n) is 3.09. The third-order valence-corrected chi connectivity index (χ3v) is 3.09. The van der Waals surface area contributed by atoms with Crippen LogP contribution < -0.4 is 5.32 Å². The lowest BCUT2D eigenvalue weighted by molar-refractivity contribution is 0.101. The van der Waals surface area contributed by atoms with Crippen molar-refractivity contribution < 1.29 is 4.79 Å². The summed E-state index contributed by atoms with van der Waals surface area (Å²) in [6.45, 7) is 15.5. The van der Waals surface area contributed by atoms with Crippen LogP contribution in [0.3, 0.4) is 0 Å². The van der Waals surface area contributed by atoms with Crippen LogP contribution in [0.1, 0.15) is 36.7 Å². The molecule has 0 spiro atoms. The van der Waals surface area contributed by atoms with E-state index in [1.807, 2.05) is 51.1 Å². The molecule has 21 heavy (non-hydrogen) atoms. The molecule has 1 rings (SSSR count). The molecule has 2 nitrogen and oxygen atoms in total. The van der Waals surface area contributed by atoms with Gasteiger partial charge in [-0.1, -0.05) is 49.1 Å². The largest absolute Gasteiger partial charge is 0.355 e. The Balaban J connectivity index is 3.04. The first kappa shape index (κ1) is 16.7. The van der Waals surface area contributed by atoms with Gasteiger partial charge in [0.15, 0.2) is 5.78 Å². The minimum atomic E-state index is 0.0488. The van der Waals surface area contributed by atoms with Crippen LogP contribution in [0, 0.1) is 6.92 Å². The van der Waals surface area contributed by atoms with Gasteiger partial charge in [0.1, 0.15) is 0 Å². The van der Waals surface area contributed by atoms with Crippen LogP contribution >= 0.6 is 0 Å². The van der Waals surface area contributed by atoms with E-state index in [4.69, 9.17) is 0 Å². The summed E-state index contributed by atoms with van der Waals surface area (Å²) >= 11 is 0. The number of nitrogens with one attached hydrogen (secondary N) is 1. The van der Waals surface area contributed by atoms with Crippen LogP contribution in [-0.2, 0) is 0 Å². The molecule has 0 heterocycles. The lowest BCUT2D eigenvalue weighted by Crippen LogP contribution is -2.03. The van der Waals surface area contributed by atoms with Gasteiger partial charge < -0.3 is 5.32 Å². The van der Waals surface area contributed by atoms with E-state index in [2.05, 4.69) is 18.5 Å². The molecule has 0 unspecified atom stereocenters. The zero-order valence-corrected chi connectivity index (χ0v) is 13.3. The van der Waals surface area contributed by atoms with E-state index >= 15 is 0 Å². The Morgan fingerprint density at radius 1 is 1.19 bits per heavy atom. The molecule has 0 aliphatic rings. The number of benzene rings is 1. The smallest absolute Gasteiger partial charge is 0.159 e. The Morgan fingerprint density at radius 3 is 2.38 bits per heavy atom. The van der Waals surface area contributed by atoms with Crippen molar-refractivity contribution in [2.24, 2.45) is 0 Å². The molecule has 0 aliphatic heterocycles. The number of Topliss-reactive ketones (excluding diaryl/α,β-unsaturated/α-hetero) is 1. The van der Waals surface area contributed by atoms with E-state index in [0.717, 1.165) is 22.5 Å². The van der Waals surface area contributed by atoms with Gasteiger partial charge in [-0.15, -0.1) is 0 Å². The van der Waals surface area contributed by atoms with Gasteiger partial charge in [-0.3, -0.25) is 4.79 Å². The standard InChI is InChI=1S/C19H23NO/c1-7-17(10-8-13(2)3)15(5)20-19-12-18(16(6)21)11-9-14(19)4/h7-12,20H,1,5H2,2-4,6H3/b17-10+. The van der Waals surface area contributed by atoms with Crippen molar-refractivity contribution in [1.82, 2.24) is 0 Å². The second kappa shape index (κ2) is 7.44. The molecule has 110 valence electrons. The molecule has 0 atom stereocenters. The predicted molar refractivity (Wildman–Crippen MR) is 91.7 cm³/mol. The van der Waals surface area contributed by atoms with Crippen molar-refractivity contribution in [1.29, 1.82) is 0 Å². The highest BCUT2D eigenvalue weighted by atomic mass is 16.1. The molecule has 2 heteroatoms. The van der Waals surface area contributed by atoms with E-state index in [0.29, 0.717) is 5.56 Å². The minimum Gasteiger partial charge on any atom is -0.355 e. The van der Waals surface area contributed by atoms with E-state index in [1.165, 1.54) is 5.57 Å². The van der Waals surface area contributed by atoms with Crippen LogP contribution in [-0.4, -0.2) is 5.78 Å². The van der Waals surface area contributed by atoms with Gasteiger partial charge in [0.05, 0.1) is 0 Å². The second-order valence-corrected chi connectivity index (χ2v) is 5.26. The molecule has 0 aliphatic carbocycles. The molecule has 0 bridgehead atoms. The fourth-order valence-corrected chi connectivity index (χ4v) is 1.76. The Morgan fingerprint density at radius 2 is 1.86 bits per heavy atom. The molecule has 1 aromatic carbocycles. The first-order valence-corrected chi connectivity index (χ1v) is 6.90. The maximum atomic E-state index is 11.5. The normalized spacial score (nSPS) is 10.8. The van der Waals surface area contributed by atoms with Gasteiger partial charge in [-0.25, -0.2) is 0 Å². The van der Waals surface area contributed by atoms with Crippen molar-refractivity contribution in [3.8, 4) is 0 Å². The summed E-state index contributed by atoms with van der Waals surface area (Å²) in [5, 5.41) is 3.26. The van der Waals surface area contributed by atoms with Crippen LogP contribution in [0.5, 0.6) is 0 Å². The number of hydrogen-bond donors (Lipinski definition) is 1. The van der Waals surface area contributed by atoms with Crippen molar-refractivity contribution in [2.45, 2.75) is 27.7 Å². The molecule has 0 fully saturated rings. The highest BCUT2D eigenvalue weighted by Gasteiger charge is 2.06. The summed E-state index contributed by atoms with van der Waals surface area (Å²) < 4.78 is 0. The summed E-state index contributed by atoms with van der Waals surface area (Å²) in [7, 11) is 0. The molecule has 0 aromatic heterocycles. The summed E-state index contributed by atoms with van der Waals surface area (Å²) in [5.74, 6) is 0.0488. The second-order valence-electron chi connectivity index (χ2n) is 5.26. The Hall–Kier alpha value is -2.35. The summed E-state index contributed by atoms with van der Waals surface area (Å²) in [6.07, 6.45) is 5.75. The maximum absolute atomic E-state index is 11.5. The first-order valence-electron chi connectivity index (χ1n) is 6.90. The average molecular weight is 281 g/mol. The molecule has 0 saturated heterocycles. The van der Waals surface area contributed by atoms with Crippen molar-refractivity contribution in [3.63, 3.8) is 0 Å². The highest BCUT2D eigenvalue weighted by Crippen LogP contribution is 2.21. The third kappa shape index (κ3) is 4.92. The number of aryl methyl sites for hydroxylation is 1. The van der Waals surface area contributed by atoms with Crippen molar-refractivity contribution >= 4 is 11.5 Å². The number of carbonyl (C=O) groups excluding carboxylic acids is 1. The summed E-state index contributed by atoms with van der Waals surface area (Å²) in [6, 6.07) is 5.61. The summed E-state index contributed by atoms with van der Waals surface area (Å²) in [4.78, 5) is 11.5. The number of hydrogen-bond acceptors (Lipinski definition) is 2. The average Bonchev–Trinajstić information content (AvgIpc) is 2.41. The van der Waals surface area contributed by atoms with E-state index in [1.54, 1.807) is 13.0 Å². The molecule has 1 aromatic rings. The van der Waals surface area contributed by atoms with Crippen LogP contribution in [0.15, 0.2) is 66.4 Å². The van der Waals surface area contributed by atoms with E-state index in [-0.39, 0.29) is 5.78 Å². The van der Waals surface area contributed by atoms with Gasteiger partial charge in [0.25, 0.3) is 0 Å². The zero-order valence-electron chi connectivity index (χ0n) is 13.3. The van der Waals surface area contributed by atoms with Crippen molar-refractivity contribution in [3.05, 3.63) is 77.6 Å². The number of allylic oxidation sites excluding steroid dienone is 4. The van der Waals surface area contributed by atoms with Crippen molar-refractivity contribution in [2.75, 3.05) is 5.32 Å². The maximum Gasteiger partial charge on any atom is 0.159 e. The topological polar surface area (TPSA) is 29.1 Å². The quantitative estimate of drug-likeness (QED) is 0.573. The van der Waals surface area contributed by atoms with Crippen LogP contribution in [0.4, 0.5) is 5.69 Å². The van der Waals surface area contributed by atoms with Gasteiger partial charge in [-0.05, 0) is 44.9 Å². The Kier molecular flexibility index (Phi) is 5.92. The van der Waals surface area contributed by atoms with Crippen LogP contribution in [0.2, 0.25) is 0 Å². The minimum absolute atomic E-state index is 0.0488. The van der Waals surface area contributed by atoms with E-state index in [9.17, 15) is 4.79 Å². The lowest BCUT2D eigenvalue weighted by atomic mass is 10.1. The summed E-state index contributed by atoms with van der Waals surface area (Å²) in [5.41, 5.74) is 5.51. The first-order chi connectivity index (χ1) is 9.85. The predicted octanol–water partition coefficient (Wildman–Crippen LogP) is 5.20. The molecule has 1 N–H and O–H groups in total. The molecular formula is C19H23NO. The number of ketones is 1. The van der Waals surface area contributed by atoms with Gasteiger partial charge in [0, 0.05) is 16.9 Å². The van der Waals surface area contributed by atoms with E-state index < -0.39 is 0 Å². The fourth-order valence-electron chi connectivity index (χ4n) is 1.76. The van der Waals surface area contributed by atoms with Gasteiger partial charge in [0.2, 0.25) is 0 Å². The molecule has 0 radical (unpaired) electrons. The highest BCUT2D eigenvalue weighted by molar-refractivity contribution is 5.95. The van der Waals surface area contributed by atoms with Gasteiger partial charge >= 0.3 is 0 Å². The number of rotatable bonds is 6. The lowest BCUT2D eigenvalue weighted by Gasteiger charge is -2.13.